The maximum Gasteiger partial charge on any atom is 0.264 e. The number of aromatic amines is 1. The molecule has 3 heterocycles. The molecule has 3 aromatic heterocycles. The molecule has 27 heavy (non-hydrogen) atoms. The smallest absolute Gasteiger partial charge is 0.264 e. The van der Waals surface area contributed by atoms with Crippen molar-refractivity contribution in [3.63, 3.8) is 0 Å². The van der Waals surface area contributed by atoms with Crippen molar-refractivity contribution in [1.29, 1.82) is 0 Å². The molecule has 0 amide bonds. The lowest BCUT2D eigenvalue weighted by molar-refractivity contribution is 0.0696. The first-order valence-corrected chi connectivity index (χ1v) is 8.98. The highest BCUT2D eigenvalue weighted by Gasteiger charge is 2.27. The summed E-state index contributed by atoms with van der Waals surface area (Å²) in [4.78, 5) is 13.1. The summed E-state index contributed by atoms with van der Waals surface area (Å²) in [5, 5.41) is 22.2. The highest BCUT2D eigenvalue weighted by Crippen LogP contribution is 2.34. The molecule has 0 aromatic carbocycles. The van der Waals surface area contributed by atoms with Gasteiger partial charge in [0.1, 0.15) is 11.0 Å². The van der Waals surface area contributed by atoms with E-state index in [1.54, 1.807) is 36.3 Å². The summed E-state index contributed by atoms with van der Waals surface area (Å²) in [6, 6.07) is 1.75. The average Bonchev–Trinajstić information content (AvgIpc) is 3.10. The first-order chi connectivity index (χ1) is 12.3. The van der Waals surface area contributed by atoms with Crippen molar-refractivity contribution in [2.24, 2.45) is 12.5 Å². The number of nitrogens with two attached hydrogens (primary N) is 1. The number of H-pyrrole nitrogens is 1. The number of nitrogens with one attached hydrogen (secondary N) is 1. The quantitative estimate of drug-likeness (QED) is 0.653. The molecule has 1 unspecified atom stereocenters. The lowest BCUT2D eigenvalue weighted by Gasteiger charge is -2.29. The van der Waals surface area contributed by atoms with E-state index in [1.807, 2.05) is 13.0 Å². The van der Waals surface area contributed by atoms with Gasteiger partial charge in [0.05, 0.1) is 16.9 Å². The number of hydrogen-bond donors (Lipinski definition) is 3. The van der Waals surface area contributed by atoms with Gasteiger partial charge < -0.3 is 15.4 Å². The van der Waals surface area contributed by atoms with E-state index in [-0.39, 0.29) is 22.8 Å². The molecule has 0 bridgehead atoms. The summed E-state index contributed by atoms with van der Waals surface area (Å²) >= 11 is 0. The van der Waals surface area contributed by atoms with Crippen molar-refractivity contribution in [3.8, 4) is 11.3 Å². The fourth-order valence-electron chi connectivity index (χ4n) is 3.23. The van der Waals surface area contributed by atoms with Crippen molar-refractivity contribution >= 4 is 16.7 Å². The Labute approximate surface area is 158 Å². The van der Waals surface area contributed by atoms with E-state index in [0.717, 1.165) is 5.56 Å². The molecular formula is C19H28N6O2. The van der Waals surface area contributed by atoms with E-state index in [2.05, 4.69) is 36.1 Å². The fourth-order valence-corrected chi connectivity index (χ4v) is 3.23. The third kappa shape index (κ3) is 3.14. The van der Waals surface area contributed by atoms with Gasteiger partial charge in [0.15, 0.2) is 5.82 Å². The van der Waals surface area contributed by atoms with E-state index in [0.29, 0.717) is 22.3 Å². The molecule has 0 saturated carbocycles. The SMILES string of the molecule is CC(n1cc(-c2cc(C(C)(C)O)n(C)n2)c2[nH]nc(N)c2c1=O)C(C)(C)C. The van der Waals surface area contributed by atoms with Crippen LogP contribution in [0.4, 0.5) is 5.82 Å². The number of fused-ring (bicyclic) bond motifs is 1. The highest BCUT2D eigenvalue weighted by molar-refractivity contribution is 5.97. The van der Waals surface area contributed by atoms with E-state index in [4.69, 9.17) is 5.73 Å². The van der Waals surface area contributed by atoms with Gasteiger partial charge in [-0.2, -0.15) is 10.2 Å². The number of anilines is 1. The topological polar surface area (TPSA) is 115 Å². The zero-order valence-corrected chi connectivity index (χ0v) is 17.0. The lowest BCUT2D eigenvalue weighted by atomic mass is 9.87. The maximum absolute atomic E-state index is 13.1. The van der Waals surface area contributed by atoms with Crippen LogP contribution in [-0.2, 0) is 12.6 Å². The molecule has 0 radical (unpaired) electrons. The summed E-state index contributed by atoms with van der Waals surface area (Å²) in [5.74, 6) is 0.172. The van der Waals surface area contributed by atoms with Crippen LogP contribution in [0.15, 0.2) is 17.1 Å². The monoisotopic (exact) mass is 372 g/mol. The number of nitrogens with zero attached hydrogens (tertiary/aromatic N) is 4. The fraction of sp³-hybridized carbons (Fsp3) is 0.526. The van der Waals surface area contributed by atoms with Crippen LogP contribution < -0.4 is 11.3 Å². The second kappa shape index (κ2) is 5.95. The van der Waals surface area contributed by atoms with Crippen LogP contribution in [0.3, 0.4) is 0 Å². The van der Waals surface area contributed by atoms with Gasteiger partial charge in [-0.15, -0.1) is 0 Å². The average molecular weight is 372 g/mol. The zero-order valence-electron chi connectivity index (χ0n) is 17.0. The molecule has 4 N–H and O–H groups in total. The minimum absolute atomic E-state index is 0.0695. The lowest BCUT2D eigenvalue weighted by Crippen LogP contribution is -2.31. The molecule has 8 nitrogen and oxygen atoms in total. The molecule has 1 atom stereocenters. The molecule has 0 aliphatic rings. The first-order valence-electron chi connectivity index (χ1n) is 8.98. The van der Waals surface area contributed by atoms with Crippen LogP contribution in [-0.4, -0.2) is 29.7 Å². The number of hydrogen-bond acceptors (Lipinski definition) is 5. The Morgan fingerprint density at radius 2 is 1.89 bits per heavy atom. The van der Waals surface area contributed by atoms with Gasteiger partial charge >= 0.3 is 0 Å². The van der Waals surface area contributed by atoms with Gasteiger partial charge in [0.25, 0.3) is 5.56 Å². The van der Waals surface area contributed by atoms with Crippen LogP contribution in [0.1, 0.15) is 53.3 Å². The number of aromatic nitrogens is 5. The predicted molar refractivity (Wildman–Crippen MR) is 106 cm³/mol. The molecule has 0 aliphatic carbocycles. The van der Waals surface area contributed by atoms with Crippen LogP contribution >= 0.6 is 0 Å². The van der Waals surface area contributed by atoms with Crippen molar-refractivity contribution < 1.29 is 5.11 Å². The molecule has 0 saturated heterocycles. The minimum Gasteiger partial charge on any atom is -0.384 e. The van der Waals surface area contributed by atoms with Gasteiger partial charge in [0, 0.05) is 24.8 Å². The van der Waals surface area contributed by atoms with Crippen LogP contribution in [0, 0.1) is 5.41 Å². The highest BCUT2D eigenvalue weighted by atomic mass is 16.3. The Hall–Kier alpha value is -2.61. The molecule has 3 rings (SSSR count). The maximum atomic E-state index is 13.1. The number of pyridine rings is 1. The molecule has 8 heteroatoms. The van der Waals surface area contributed by atoms with E-state index in [1.165, 1.54) is 0 Å². The number of aliphatic hydroxyl groups is 1. The van der Waals surface area contributed by atoms with Gasteiger partial charge in [-0.3, -0.25) is 14.6 Å². The third-order valence-corrected chi connectivity index (χ3v) is 5.23. The van der Waals surface area contributed by atoms with E-state index in [9.17, 15) is 9.90 Å². The summed E-state index contributed by atoms with van der Waals surface area (Å²) in [5.41, 5.74) is 7.21. The number of aryl methyl sites for hydroxylation is 1. The predicted octanol–water partition coefficient (Wildman–Crippen LogP) is 2.54. The normalized spacial score (nSPS) is 14.1. The molecule has 0 fully saturated rings. The largest absolute Gasteiger partial charge is 0.384 e. The second-order valence-electron chi connectivity index (χ2n) is 8.75. The Balaban J connectivity index is 2.34. The third-order valence-electron chi connectivity index (χ3n) is 5.23. The van der Waals surface area contributed by atoms with Crippen molar-refractivity contribution in [3.05, 3.63) is 28.3 Å². The standard InChI is InChI=1S/C19H28N6O2/c1-10(18(2,3)4)25-9-11(15-14(17(25)26)16(20)22-21-15)12-8-13(19(5,6)27)24(7)23-12/h8-10,27H,1-7H3,(H3,20,21,22). The van der Waals surface area contributed by atoms with Crippen molar-refractivity contribution in [2.75, 3.05) is 5.73 Å². The Morgan fingerprint density at radius 1 is 1.26 bits per heavy atom. The summed E-state index contributed by atoms with van der Waals surface area (Å²) in [7, 11) is 1.78. The van der Waals surface area contributed by atoms with Gasteiger partial charge in [-0.05, 0) is 32.3 Å². The summed E-state index contributed by atoms with van der Waals surface area (Å²) in [6.45, 7) is 11.7. The number of rotatable bonds is 3. The van der Waals surface area contributed by atoms with Gasteiger partial charge in [0.2, 0.25) is 0 Å². The molecule has 3 aromatic rings. The minimum atomic E-state index is -1.04. The van der Waals surface area contributed by atoms with Crippen LogP contribution in [0.25, 0.3) is 22.2 Å². The number of nitrogen functional groups attached to an aromatic ring is 1. The summed E-state index contributed by atoms with van der Waals surface area (Å²) < 4.78 is 3.34. The Morgan fingerprint density at radius 3 is 2.41 bits per heavy atom. The van der Waals surface area contributed by atoms with E-state index >= 15 is 0 Å². The molecule has 0 spiro atoms. The summed E-state index contributed by atoms with van der Waals surface area (Å²) in [6.07, 6.45) is 1.80. The van der Waals surface area contributed by atoms with Crippen molar-refractivity contribution in [2.45, 2.75) is 53.2 Å². The second-order valence-corrected chi connectivity index (χ2v) is 8.75. The Kier molecular flexibility index (Phi) is 4.22. The Bertz CT molecular complexity index is 1060. The van der Waals surface area contributed by atoms with E-state index < -0.39 is 5.60 Å². The van der Waals surface area contributed by atoms with Crippen LogP contribution in [0.2, 0.25) is 0 Å². The van der Waals surface area contributed by atoms with Crippen molar-refractivity contribution in [1.82, 2.24) is 24.5 Å². The molecule has 146 valence electrons. The molecular weight excluding hydrogens is 344 g/mol. The zero-order chi connectivity index (χ0) is 20.3. The molecule has 0 aliphatic heterocycles. The van der Waals surface area contributed by atoms with Gasteiger partial charge in [-0.1, -0.05) is 20.8 Å². The first kappa shape index (κ1) is 19.2. The van der Waals surface area contributed by atoms with Crippen LogP contribution in [0.5, 0.6) is 0 Å². The van der Waals surface area contributed by atoms with Gasteiger partial charge in [-0.25, -0.2) is 0 Å².